The van der Waals surface area contributed by atoms with Crippen LogP contribution in [0.15, 0.2) is 24.3 Å². The van der Waals surface area contributed by atoms with Crippen molar-refractivity contribution in [1.29, 1.82) is 0 Å². The van der Waals surface area contributed by atoms with Gasteiger partial charge in [0.1, 0.15) is 13.2 Å². The summed E-state index contributed by atoms with van der Waals surface area (Å²) >= 11 is 0. The van der Waals surface area contributed by atoms with Crippen LogP contribution in [0.1, 0.15) is 355 Å². The van der Waals surface area contributed by atoms with Crippen molar-refractivity contribution in [3.8, 4) is 0 Å². The zero-order valence-corrected chi connectivity index (χ0v) is 48.0. The molecule has 0 aromatic heterocycles. The summed E-state index contributed by atoms with van der Waals surface area (Å²) < 4.78 is 16.9. The third-order valence-corrected chi connectivity index (χ3v) is 14.5. The number of hydrogen-bond donors (Lipinski definition) is 0. The molecule has 0 aliphatic rings. The molecular weight excluding hydrogens is 877 g/mol. The van der Waals surface area contributed by atoms with Crippen LogP contribution >= 0.6 is 0 Å². The molecule has 0 amide bonds. The van der Waals surface area contributed by atoms with Crippen molar-refractivity contribution in [2.75, 3.05) is 13.2 Å². The number of rotatable bonds is 59. The van der Waals surface area contributed by atoms with E-state index in [9.17, 15) is 14.4 Å². The van der Waals surface area contributed by atoms with Gasteiger partial charge in [-0.15, -0.1) is 0 Å². The van der Waals surface area contributed by atoms with Crippen molar-refractivity contribution in [2.45, 2.75) is 361 Å². The Morgan fingerprint density at radius 3 is 0.746 bits per heavy atom. The van der Waals surface area contributed by atoms with E-state index in [1.54, 1.807) is 0 Å². The second-order valence-corrected chi connectivity index (χ2v) is 21.7. The van der Waals surface area contributed by atoms with Crippen LogP contribution < -0.4 is 0 Å². The summed E-state index contributed by atoms with van der Waals surface area (Å²) in [5, 5.41) is 0. The van der Waals surface area contributed by atoms with Crippen molar-refractivity contribution in [3.05, 3.63) is 24.3 Å². The minimum Gasteiger partial charge on any atom is -0.462 e. The molecule has 0 heterocycles. The minimum atomic E-state index is -0.775. The Balaban J connectivity index is 4.34. The van der Waals surface area contributed by atoms with Crippen LogP contribution in [0.2, 0.25) is 0 Å². The molecule has 6 heteroatoms. The molecule has 6 nitrogen and oxygen atoms in total. The van der Waals surface area contributed by atoms with E-state index >= 15 is 0 Å². The average Bonchev–Trinajstić information content (AvgIpc) is 3.37. The van der Waals surface area contributed by atoms with Gasteiger partial charge in [-0.2, -0.15) is 0 Å². The summed E-state index contributed by atoms with van der Waals surface area (Å²) in [6.45, 7) is 6.69. The van der Waals surface area contributed by atoms with E-state index in [-0.39, 0.29) is 31.1 Å². The predicted octanol–water partition coefficient (Wildman–Crippen LogP) is 21.4. The molecule has 0 rings (SSSR count). The number of carbonyl (C=O) groups is 3. The maximum Gasteiger partial charge on any atom is 0.306 e. The monoisotopic (exact) mass is 999 g/mol. The Labute approximate surface area is 443 Å². The Morgan fingerprint density at radius 1 is 0.282 bits per heavy atom. The summed E-state index contributed by atoms with van der Waals surface area (Å²) in [6, 6.07) is 0. The van der Waals surface area contributed by atoms with Gasteiger partial charge in [0.15, 0.2) is 6.10 Å². The van der Waals surface area contributed by atoms with Crippen molar-refractivity contribution >= 4 is 17.9 Å². The number of carbonyl (C=O) groups excluding carboxylic acids is 3. The molecule has 0 aliphatic carbocycles. The second kappa shape index (κ2) is 60.4. The fourth-order valence-electron chi connectivity index (χ4n) is 9.67. The van der Waals surface area contributed by atoms with Crippen molar-refractivity contribution < 1.29 is 28.6 Å². The van der Waals surface area contributed by atoms with Crippen molar-refractivity contribution in [3.63, 3.8) is 0 Å². The number of unbranched alkanes of at least 4 members (excludes halogenated alkanes) is 45. The summed E-state index contributed by atoms with van der Waals surface area (Å²) in [5.74, 6) is -0.858. The molecule has 0 saturated heterocycles. The molecule has 0 N–H and O–H groups in total. The molecule has 1 atom stereocenters. The maximum atomic E-state index is 12.9. The van der Waals surface area contributed by atoms with Crippen LogP contribution in [0.3, 0.4) is 0 Å². The number of allylic oxidation sites excluding steroid dienone is 4. The van der Waals surface area contributed by atoms with Crippen LogP contribution in [-0.2, 0) is 28.6 Å². The van der Waals surface area contributed by atoms with Gasteiger partial charge in [0.25, 0.3) is 0 Å². The molecule has 0 fully saturated rings. The van der Waals surface area contributed by atoms with Gasteiger partial charge in [0, 0.05) is 19.3 Å². The SMILES string of the molecule is CCCCCCCCC/C=C\C=C/CCCCCCCC(=O)OC(COC(=O)CCCCCCCCCCCCCCCCCC)COC(=O)CCCCCCCCCCCCCCCCCCCCC. The van der Waals surface area contributed by atoms with E-state index in [4.69, 9.17) is 14.2 Å². The van der Waals surface area contributed by atoms with E-state index in [0.717, 1.165) is 77.0 Å². The molecule has 0 aromatic rings. The van der Waals surface area contributed by atoms with Crippen LogP contribution in [0.4, 0.5) is 0 Å². The fourth-order valence-corrected chi connectivity index (χ4v) is 9.67. The number of esters is 3. The van der Waals surface area contributed by atoms with Crippen LogP contribution in [0, 0.1) is 0 Å². The average molecular weight is 1000 g/mol. The molecule has 0 aromatic carbocycles. The Morgan fingerprint density at radius 2 is 0.493 bits per heavy atom. The lowest BCUT2D eigenvalue weighted by atomic mass is 10.0. The smallest absolute Gasteiger partial charge is 0.306 e. The topological polar surface area (TPSA) is 78.9 Å². The third-order valence-electron chi connectivity index (χ3n) is 14.5. The van der Waals surface area contributed by atoms with Gasteiger partial charge in [-0.25, -0.2) is 0 Å². The molecule has 0 bridgehead atoms. The van der Waals surface area contributed by atoms with Crippen LogP contribution in [0.5, 0.6) is 0 Å². The molecule has 418 valence electrons. The van der Waals surface area contributed by atoms with Crippen LogP contribution in [0.25, 0.3) is 0 Å². The lowest BCUT2D eigenvalue weighted by Gasteiger charge is -2.18. The summed E-state index contributed by atoms with van der Waals surface area (Å²) in [5.41, 5.74) is 0. The van der Waals surface area contributed by atoms with E-state index in [1.807, 2.05) is 0 Å². The zero-order valence-electron chi connectivity index (χ0n) is 48.0. The molecule has 71 heavy (non-hydrogen) atoms. The number of ether oxygens (including phenoxy) is 3. The summed E-state index contributed by atoms with van der Waals surface area (Å²) in [7, 11) is 0. The first-order valence-electron chi connectivity index (χ1n) is 31.9. The second-order valence-electron chi connectivity index (χ2n) is 21.7. The van der Waals surface area contributed by atoms with Gasteiger partial charge in [0.2, 0.25) is 0 Å². The standard InChI is InChI=1S/C65H122O6/c1-4-7-10-13-16-19-22-25-28-31-33-35-37-40-43-46-49-52-55-58-64(67)70-61-62(60-69-63(66)57-54-51-48-45-42-39-36-30-27-24-21-18-15-12-9-6-3)71-65(68)59-56-53-50-47-44-41-38-34-32-29-26-23-20-17-14-11-8-5-2/h29,32,34,38,62H,4-28,30-31,33,35-37,39-61H2,1-3H3/b32-29-,38-34-. The minimum absolute atomic E-state index is 0.0716. The summed E-state index contributed by atoms with van der Waals surface area (Å²) in [4.78, 5) is 38.3. The lowest BCUT2D eigenvalue weighted by molar-refractivity contribution is -0.167. The predicted molar refractivity (Wildman–Crippen MR) is 307 cm³/mol. The van der Waals surface area contributed by atoms with Crippen molar-refractivity contribution in [2.24, 2.45) is 0 Å². The maximum absolute atomic E-state index is 12.9. The van der Waals surface area contributed by atoms with Gasteiger partial charge in [-0.05, 0) is 44.9 Å². The Bertz CT molecular complexity index is 1150. The highest BCUT2D eigenvalue weighted by Gasteiger charge is 2.19. The first kappa shape index (κ1) is 68.9. The van der Waals surface area contributed by atoms with Gasteiger partial charge >= 0.3 is 17.9 Å². The fraction of sp³-hybridized carbons (Fsp3) is 0.892. The first-order valence-corrected chi connectivity index (χ1v) is 31.9. The van der Waals surface area contributed by atoms with Gasteiger partial charge in [0.05, 0.1) is 0 Å². The quantitative estimate of drug-likeness (QED) is 0.0261. The van der Waals surface area contributed by atoms with Gasteiger partial charge in [-0.1, -0.05) is 315 Å². The highest BCUT2D eigenvalue weighted by molar-refractivity contribution is 5.71. The van der Waals surface area contributed by atoms with Crippen LogP contribution in [-0.4, -0.2) is 37.2 Å². The first-order chi connectivity index (χ1) is 35.0. The van der Waals surface area contributed by atoms with Gasteiger partial charge < -0.3 is 14.2 Å². The van der Waals surface area contributed by atoms with E-state index in [0.29, 0.717) is 19.3 Å². The van der Waals surface area contributed by atoms with Gasteiger partial charge in [-0.3, -0.25) is 14.4 Å². The number of hydrogen-bond acceptors (Lipinski definition) is 6. The zero-order chi connectivity index (χ0) is 51.4. The Hall–Kier alpha value is -2.11. The summed E-state index contributed by atoms with van der Waals surface area (Å²) in [6.07, 6.45) is 71.8. The third kappa shape index (κ3) is 58.7. The van der Waals surface area contributed by atoms with E-state index < -0.39 is 6.10 Å². The lowest BCUT2D eigenvalue weighted by Crippen LogP contribution is -2.30. The molecule has 1 unspecified atom stereocenters. The molecule has 0 radical (unpaired) electrons. The molecule has 0 aliphatic heterocycles. The van der Waals surface area contributed by atoms with E-state index in [1.165, 1.54) is 238 Å². The molecular formula is C65H122O6. The highest BCUT2D eigenvalue weighted by atomic mass is 16.6. The molecule has 0 saturated carbocycles. The van der Waals surface area contributed by atoms with E-state index in [2.05, 4.69) is 45.1 Å². The highest BCUT2D eigenvalue weighted by Crippen LogP contribution is 2.18. The normalized spacial score (nSPS) is 12.1. The molecule has 0 spiro atoms. The Kier molecular flexibility index (Phi) is 58.6. The largest absolute Gasteiger partial charge is 0.462 e. The van der Waals surface area contributed by atoms with Crippen molar-refractivity contribution in [1.82, 2.24) is 0 Å².